The van der Waals surface area contributed by atoms with Gasteiger partial charge in [-0.3, -0.25) is 19.8 Å². The number of imidazole rings is 1. The fourth-order valence-corrected chi connectivity index (χ4v) is 8.16. The molecule has 3 aromatic heterocycles. The molecule has 2 aliphatic heterocycles. The summed E-state index contributed by atoms with van der Waals surface area (Å²) in [7, 11) is 0. The Morgan fingerprint density at radius 2 is 0.914 bits per heavy atom. The van der Waals surface area contributed by atoms with Gasteiger partial charge in [0.1, 0.15) is 5.82 Å². The number of anilines is 2. The summed E-state index contributed by atoms with van der Waals surface area (Å²) < 4.78 is 0. The number of carbonyl (C=O) groups is 2. The first-order valence-corrected chi connectivity index (χ1v) is 24.5. The minimum atomic E-state index is -0.406. The molecule has 70 heavy (non-hydrogen) atoms. The molecule has 0 aliphatic carbocycles. The standard InChI is InChI=1S/C14H19NO.C12H16N2.C12H15NO.2C11H14N2/c1-13(2,3)9-6-7-11-10(8-9)14(4,5)12(16)15-11;1-8-13-10-6-5-9(12(2,3)4)7-11(10)14-8;1-12(2,3)9-4-5-10-8(6-9)7-11(14)13-10;2*1-11(2,3)9-4-5-10-8(6-9)7-12-13-10/h6-8H,1-5H3,(H,15,16);5-7H,1-4H3,(H,13,14);4-6H,7H2,1-3H3,(H,13,14);2*4-7H,1-3H3,(H,12,13). The number of H-pyrrole nitrogens is 3. The zero-order valence-corrected chi connectivity index (χ0v) is 45.2. The van der Waals surface area contributed by atoms with Gasteiger partial charge >= 0.3 is 0 Å². The Bertz CT molecular complexity index is 3040. The predicted molar refractivity (Wildman–Crippen MR) is 293 cm³/mol. The maximum atomic E-state index is 11.8. The lowest BCUT2D eigenvalue weighted by atomic mass is 9.80. The quantitative estimate of drug-likeness (QED) is 0.103. The van der Waals surface area contributed by atoms with E-state index in [1.54, 1.807) is 0 Å². The molecule has 0 saturated carbocycles. The second-order valence-electron chi connectivity index (χ2n) is 24.6. The summed E-state index contributed by atoms with van der Waals surface area (Å²) in [4.78, 5) is 30.6. The summed E-state index contributed by atoms with van der Waals surface area (Å²) in [5, 5.41) is 22.0. The van der Waals surface area contributed by atoms with Gasteiger partial charge in [0.05, 0.1) is 46.3 Å². The third-order valence-corrected chi connectivity index (χ3v) is 13.0. The van der Waals surface area contributed by atoms with Crippen LogP contribution in [0.15, 0.2) is 103 Å². The fourth-order valence-electron chi connectivity index (χ4n) is 8.16. The van der Waals surface area contributed by atoms with E-state index in [0.29, 0.717) is 6.42 Å². The van der Waals surface area contributed by atoms with Crippen LogP contribution in [0.4, 0.5) is 11.4 Å². The van der Waals surface area contributed by atoms with Gasteiger partial charge in [-0.1, -0.05) is 146 Å². The molecule has 0 radical (unpaired) electrons. The monoisotopic (exact) mass is 943 g/mol. The average molecular weight is 943 g/mol. The molecule has 5 N–H and O–H groups in total. The Kier molecular flexibility index (Phi) is 14.9. The zero-order chi connectivity index (χ0) is 51.8. The van der Waals surface area contributed by atoms with E-state index in [1.807, 2.05) is 45.3 Å². The Hall–Kier alpha value is -6.55. The normalized spacial score (nSPS) is 14.2. The van der Waals surface area contributed by atoms with Crippen LogP contribution >= 0.6 is 0 Å². The van der Waals surface area contributed by atoms with Gasteiger partial charge in [0, 0.05) is 22.1 Å². The minimum absolute atomic E-state index is 0.0913. The molecule has 8 aromatic rings. The van der Waals surface area contributed by atoms with Crippen LogP contribution in [0.1, 0.15) is 162 Å². The van der Waals surface area contributed by atoms with Gasteiger partial charge in [0.15, 0.2) is 0 Å². The number of amides is 2. The van der Waals surface area contributed by atoms with E-state index in [4.69, 9.17) is 0 Å². The summed E-state index contributed by atoms with van der Waals surface area (Å²) in [6.07, 6.45) is 4.26. The molecular formula is C60H78N8O2. The van der Waals surface area contributed by atoms with E-state index < -0.39 is 5.41 Å². The first-order valence-electron chi connectivity index (χ1n) is 24.5. The molecule has 5 aromatic carbocycles. The molecular weight excluding hydrogens is 865 g/mol. The summed E-state index contributed by atoms with van der Waals surface area (Å²) in [5.41, 5.74) is 15.7. The van der Waals surface area contributed by atoms with E-state index >= 15 is 0 Å². The molecule has 370 valence electrons. The van der Waals surface area contributed by atoms with Crippen molar-refractivity contribution in [1.29, 1.82) is 0 Å². The minimum Gasteiger partial charge on any atom is -0.342 e. The zero-order valence-electron chi connectivity index (χ0n) is 45.2. The predicted octanol–water partition coefficient (Wildman–Crippen LogP) is 14.6. The van der Waals surface area contributed by atoms with Crippen LogP contribution in [0.2, 0.25) is 0 Å². The average Bonchev–Trinajstić information content (AvgIpc) is 4.09. The van der Waals surface area contributed by atoms with Crippen molar-refractivity contribution >= 4 is 56.0 Å². The maximum Gasteiger partial charge on any atom is 0.234 e. The van der Waals surface area contributed by atoms with Gasteiger partial charge in [0.25, 0.3) is 0 Å². The number of hydrogen-bond donors (Lipinski definition) is 5. The van der Waals surface area contributed by atoms with E-state index in [9.17, 15) is 9.59 Å². The lowest BCUT2D eigenvalue weighted by molar-refractivity contribution is -0.119. The highest BCUT2D eigenvalue weighted by Gasteiger charge is 2.39. The molecule has 2 aliphatic rings. The number of carbonyl (C=O) groups excluding carboxylic acids is 2. The van der Waals surface area contributed by atoms with E-state index in [2.05, 4.69) is 224 Å². The molecule has 5 heterocycles. The third kappa shape index (κ3) is 12.8. The smallest absolute Gasteiger partial charge is 0.234 e. The number of fused-ring (bicyclic) bond motifs is 5. The van der Waals surface area contributed by atoms with Gasteiger partial charge in [-0.25, -0.2) is 4.98 Å². The molecule has 10 rings (SSSR count). The Labute approximate surface area is 416 Å². The fraction of sp³-hybridized carbons (Fsp3) is 0.417. The molecule has 0 atom stereocenters. The highest BCUT2D eigenvalue weighted by Crippen LogP contribution is 2.40. The van der Waals surface area contributed by atoms with Crippen molar-refractivity contribution in [2.24, 2.45) is 0 Å². The highest BCUT2D eigenvalue weighted by atomic mass is 16.2. The Balaban J connectivity index is 0.000000144. The summed E-state index contributed by atoms with van der Waals surface area (Å²) in [5.74, 6) is 1.17. The van der Waals surface area contributed by atoms with Crippen LogP contribution in [0, 0.1) is 6.92 Å². The number of aromatic amines is 3. The molecule has 0 spiro atoms. The molecule has 10 nitrogen and oxygen atoms in total. The Morgan fingerprint density at radius 3 is 1.41 bits per heavy atom. The number of hydrogen-bond acceptors (Lipinski definition) is 5. The van der Waals surface area contributed by atoms with Crippen LogP contribution in [-0.2, 0) is 48.5 Å². The third-order valence-electron chi connectivity index (χ3n) is 13.0. The van der Waals surface area contributed by atoms with Crippen molar-refractivity contribution in [3.05, 3.63) is 148 Å². The largest absolute Gasteiger partial charge is 0.342 e. The topological polar surface area (TPSA) is 144 Å². The summed E-state index contributed by atoms with van der Waals surface area (Å²) in [6, 6.07) is 31.8. The van der Waals surface area contributed by atoms with E-state index in [0.717, 1.165) is 50.4 Å². The number of nitrogens with zero attached hydrogens (tertiary/aromatic N) is 3. The van der Waals surface area contributed by atoms with Gasteiger partial charge in [-0.05, 0) is 135 Å². The number of aromatic nitrogens is 6. The van der Waals surface area contributed by atoms with Gasteiger partial charge in [-0.15, -0.1) is 0 Å². The molecule has 0 unspecified atom stereocenters. The number of rotatable bonds is 0. The Morgan fingerprint density at radius 1 is 0.486 bits per heavy atom. The van der Waals surface area contributed by atoms with Crippen molar-refractivity contribution in [1.82, 2.24) is 30.4 Å². The molecule has 0 bridgehead atoms. The van der Waals surface area contributed by atoms with Crippen molar-refractivity contribution in [3.63, 3.8) is 0 Å². The SMILES string of the molecule is CC(C)(C)c1ccc2[nH]ncc2c1.CC(C)(C)c1ccc2[nH]ncc2c1.CC(C)(C)c1ccc2c(c1)C(C)(C)C(=O)N2.CC(C)(C)c1ccc2c(c1)CC(=O)N2.Cc1nc2ccc(C(C)(C)C)cc2[nH]1. The second-order valence-corrected chi connectivity index (χ2v) is 24.6. The second kappa shape index (κ2) is 19.7. The van der Waals surface area contributed by atoms with Gasteiger partial charge < -0.3 is 15.6 Å². The van der Waals surface area contributed by atoms with E-state index in [1.165, 1.54) is 38.6 Å². The lowest BCUT2D eigenvalue weighted by Gasteiger charge is -2.22. The van der Waals surface area contributed by atoms with Crippen LogP contribution in [-0.4, -0.2) is 42.2 Å². The van der Waals surface area contributed by atoms with Crippen molar-refractivity contribution in [3.8, 4) is 0 Å². The lowest BCUT2D eigenvalue weighted by Crippen LogP contribution is -2.27. The number of aryl methyl sites for hydroxylation is 1. The van der Waals surface area contributed by atoms with Gasteiger partial charge in [-0.2, -0.15) is 10.2 Å². The maximum absolute atomic E-state index is 11.8. The number of nitrogens with one attached hydrogen (secondary N) is 5. The van der Waals surface area contributed by atoms with Crippen LogP contribution in [0.5, 0.6) is 0 Å². The van der Waals surface area contributed by atoms with Crippen LogP contribution in [0.3, 0.4) is 0 Å². The van der Waals surface area contributed by atoms with Crippen molar-refractivity contribution in [2.45, 2.75) is 164 Å². The molecule has 0 saturated heterocycles. The van der Waals surface area contributed by atoms with Crippen LogP contribution in [0.25, 0.3) is 32.8 Å². The number of benzene rings is 5. The van der Waals surface area contributed by atoms with Crippen molar-refractivity contribution in [2.75, 3.05) is 10.6 Å². The van der Waals surface area contributed by atoms with Crippen molar-refractivity contribution < 1.29 is 9.59 Å². The molecule has 2 amide bonds. The molecule has 10 heteroatoms. The molecule has 0 fully saturated rings. The summed E-state index contributed by atoms with van der Waals surface area (Å²) in [6.45, 7) is 39.0. The van der Waals surface area contributed by atoms with E-state index in [-0.39, 0.29) is 38.9 Å². The first kappa shape index (κ1) is 52.8. The highest BCUT2D eigenvalue weighted by molar-refractivity contribution is 6.05. The van der Waals surface area contributed by atoms with Crippen LogP contribution < -0.4 is 10.6 Å². The summed E-state index contributed by atoms with van der Waals surface area (Å²) >= 11 is 0. The first-order chi connectivity index (χ1) is 32.3. The van der Waals surface area contributed by atoms with Gasteiger partial charge in [0.2, 0.25) is 11.8 Å².